The number of nitrogens with one attached hydrogen (secondary N) is 1. The van der Waals surface area contributed by atoms with Crippen LogP contribution in [0.3, 0.4) is 0 Å². The Bertz CT molecular complexity index is 681. The SMILES string of the molecule is CCCC1(CCC)NC(=O)N(CC(=O)N(C)Cc2ccccc2C)C1=O. The summed E-state index contributed by atoms with van der Waals surface area (Å²) in [4.78, 5) is 40.4. The van der Waals surface area contributed by atoms with Crippen molar-refractivity contribution in [2.75, 3.05) is 13.6 Å². The Labute approximate surface area is 155 Å². The Hall–Kier alpha value is -2.37. The van der Waals surface area contributed by atoms with E-state index in [-0.39, 0.29) is 18.4 Å². The second kappa shape index (κ2) is 8.34. The van der Waals surface area contributed by atoms with Crippen molar-refractivity contribution in [2.24, 2.45) is 0 Å². The van der Waals surface area contributed by atoms with Gasteiger partial charge in [0, 0.05) is 13.6 Å². The lowest BCUT2D eigenvalue weighted by molar-refractivity contribution is -0.138. The first-order valence-corrected chi connectivity index (χ1v) is 9.27. The molecule has 142 valence electrons. The number of hydrogen-bond donors (Lipinski definition) is 1. The van der Waals surface area contributed by atoms with Crippen LogP contribution in [0.1, 0.15) is 50.7 Å². The van der Waals surface area contributed by atoms with E-state index in [0.717, 1.165) is 28.9 Å². The quantitative estimate of drug-likeness (QED) is 0.726. The van der Waals surface area contributed by atoms with Crippen LogP contribution >= 0.6 is 0 Å². The molecule has 0 unspecified atom stereocenters. The van der Waals surface area contributed by atoms with Crippen molar-refractivity contribution in [3.05, 3.63) is 35.4 Å². The summed E-state index contributed by atoms with van der Waals surface area (Å²) < 4.78 is 0. The predicted octanol–water partition coefficient (Wildman–Crippen LogP) is 2.84. The molecule has 1 aromatic rings. The average Bonchev–Trinajstić information content (AvgIpc) is 2.82. The van der Waals surface area contributed by atoms with Crippen LogP contribution in [0.2, 0.25) is 0 Å². The van der Waals surface area contributed by atoms with E-state index >= 15 is 0 Å². The second-order valence-corrected chi connectivity index (χ2v) is 7.08. The maximum atomic E-state index is 12.9. The van der Waals surface area contributed by atoms with Crippen molar-refractivity contribution in [1.82, 2.24) is 15.1 Å². The van der Waals surface area contributed by atoms with Crippen LogP contribution in [0.4, 0.5) is 4.79 Å². The molecule has 0 radical (unpaired) electrons. The fourth-order valence-corrected chi connectivity index (χ4v) is 3.52. The predicted molar refractivity (Wildman–Crippen MR) is 100 cm³/mol. The van der Waals surface area contributed by atoms with Crippen LogP contribution in [0.15, 0.2) is 24.3 Å². The number of hydrogen-bond acceptors (Lipinski definition) is 3. The van der Waals surface area contributed by atoms with Gasteiger partial charge < -0.3 is 10.2 Å². The Kier molecular flexibility index (Phi) is 6.40. The number of urea groups is 1. The van der Waals surface area contributed by atoms with Gasteiger partial charge in [-0.3, -0.25) is 14.5 Å². The molecule has 1 N–H and O–H groups in total. The first-order chi connectivity index (χ1) is 12.3. The summed E-state index contributed by atoms with van der Waals surface area (Å²) in [6.45, 7) is 6.20. The van der Waals surface area contributed by atoms with Gasteiger partial charge in [-0.05, 0) is 30.9 Å². The zero-order valence-electron chi connectivity index (χ0n) is 16.2. The van der Waals surface area contributed by atoms with Crippen LogP contribution < -0.4 is 5.32 Å². The number of carbonyl (C=O) groups is 3. The van der Waals surface area contributed by atoms with E-state index in [1.54, 1.807) is 11.9 Å². The molecule has 6 heteroatoms. The minimum Gasteiger partial charge on any atom is -0.340 e. The summed E-state index contributed by atoms with van der Waals surface area (Å²) in [6, 6.07) is 7.39. The van der Waals surface area contributed by atoms with Crippen LogP contribution in [0.25, 0.3) is 0 Å². The maximum absolute atomic E-state index is 12.9. The molecule has 26 heavy (non-hydrogen) atoms. The van der Waals surface area contributed by atoms with E-state index in [0.29, 0.717) is 19.4 Å². The van der Waals surface area contributed by atoms with E-state index in [2.05, 4.69) is 5.32 Å². The number of carbonyl (C=O) groups excluding carboxylic acids is 3. The zero-order valence-corrected chi connectivity index (χ0v) is 16.2. The average molecular weight is 359 g/mol. The number of nitrogens with zero attached hydrogens (tertiary/aromatic N) is 2. The second-order valence-electron chi connectivity index (χ2n) is 7.08. The van der Waals surface area contributed by atoms with Gasteiger partial charge in [0.05, 0.1) is 0 Å². The van der Waals surface area contributed by atoms with Gasteiger partial charge in [0.1, 0.15) is 12.1 Å². The summed E-state index contributed by atoms with van der Waals surface area (Å²) in [5, 5.41) is 2.84. The van der Waals surface area contributed by atoms with Crippen molar-refractivity contribution in [3.8, 4) is 0 Å². The first-order valence-electron chi connectivity index (χ1n) is 9.27. The Morgan fingerprint density at radius 1 is 1.15 bits per heavy atom. The Morgan fingerprint density at radius 2 is 1.77 bits per heavy atom. The van der Waals surface area contributed by atoms with Crippen molar-refractivity contribution in [3.63, 3.8) is 0 Å². The molecule has 1 aliphatic rings. The number of aryl methyl sites for hydroxylation is 1. The van der Waals surface area contributed by atoms with Gasteiger partial charge in [0.2, 0.25) is 5.91 Å². The number of likely N-dealkylation sites (N-methyl/N-ethyl adjacent to an activating group) is 1. The molecule has 1 heterocycles. The summed E-state index contributed by atoms with van der Waals surface area (Å²) in [7, 11) is 1.69. The van der Waals surface area contributed by atoms with Gasteiger partial charge in [0.25, 0.3) is 5.91 Å². The van der Waals surface area contributed by atoms with Gasteiger partial charge in [-0.15, -0.1) is 0 Å². The normalized spacial score (nSPS) is 15.9. The topological polar surface area (TPSA) is 69.7 Å². The Balaban J connectivity index is 2.07. The standard InChI is InChI=1S/C20H29N3O3/c1-5-11-20(12-6-2)18(25)23(19(26)21-20)14-17(24)22(4)13-16-10-8-7-9-15(16)3/h7-10H,5-6,11-14H2,1-4H3,(H,21,26). The first kappa shape index (κ1) is 19.9. The van der Waals surface area contributed by atoms with Gasteiger partial charge in [-0.1, -0.05) is 51.0 Å². The molecule has 0 aromatic heterocycles. The molecule has 6 nitrogen and oxygen atoms in total. The highest BCUT2D eigenvalue weighted by atomic mass is 16.2. The number of amides is 4. The summed E-state index contributed by atoms with van der Waals surface area (Å²) in [5.74, 6) is -0.524. The minimum atomic E-state index is -0.852. The molecular formula is C20H29N3O3. The third-order valence-electron chi connectivity index (χ3n) is 4.99. The van der Waals surface area contributed by atoms with Crippen molar-refractivity contribution < 1.29 is 14.4 Å². The van der Waals surface area contributed by atoms with Crippen molar-refractivity contribution >= 4 is 17.8 Å². The third-order valence-corrected chi connectivity index (χ3v) is 4.99. The van der Waals surface area contributed by atoms with Crippen LogP contribution in [0.5, 0.6) is 0 Å². The van der Waals surface area contributed by atoms with Crippen LogP contribution in [-0.2, 0) is 16.1 Å². The number of benzene rings is 1. The van der Waals surface area contributed by atoms with Crippen molar-refractivity contribution in [1.29, 1.82) is 0 Å². The van der Waals surface area contributed by atoms with Gasteiger partial charge in [0.15, 0.2) is 0 Å². The van der Waals surface area contributed by atoms with E-state index in [1.165, 1.54) is 0 Å². The highest BCUT2D eigenvalue weighted by molar-refractivity contribution is 6.09. The minimum absolute atomic E-state index is 0.220. The maximum Gasteiger partial charge on any atom is 0.325 e. The van der Waals surface area contributed by atoms with E-state index in [9.17, 15) is 14.4 Å². The molecule has 0 saturated carbocycles. The Morgan fingerprint density at radius 3 is 2.35 bits per heavy atom. The molecule has 1 aromatic carbocycles. The van der Waals surface area contributed by atoms with Gasteiger partial charge in [-0.2, -0.15) is 0 Å². The number of rotatable bonds is 8. The molecule has 0 aliphatic carbocycles. The fraction of sp³-hybridized carbons (Fsp3) is 0.550. The van der Waals surface area contributed by atoms with Gasteiger partial charge in [-0.25, -0.2) is 4.79 Å². The molecule has 4 amide bonds. The zero-order chi connectivity index (χ0) is 19.3. The third kappa shape index (κ3) is 4.06. The highest BCUT2D eigenvalue weighted by Gasteiger charge is 2.50. The summed E-state index contributed by atoms with van der Waals surface area (Å²) in [5.41, 5.74) is 1.30. The fourth-order valence-electron chi connectivity index (χ4n) is 3.52. The molecule has 0 spiro atoms. The lowest BCUT2D eigenvalue weighted by atomic mass is 9.88. The highest BCUT2D eigenvalue weighted by Crippen LogP contribution is 2.28. The van der Waals surface area contributed by atoms with Crippen LogP contribution in [0, 0.1) is 6.92 Å². The molecule has 0 atom stereocenters. The molecule has 1 saturated heterocycles. The largest absolute Gasteiger partial charge is 0.340 e. The molecule has 2 rings (SSSR count). The number of imide groups is 1. The van der Waals surface area contributed by atoms with Gasteiger partial charge >= 0.3 is 6.03 Å². The van der Waals surface area contributed by atoms with E-state index < -0.39 is 11.6 Å². The lowest BCUT2D eigenvalue weighted by Crippen LogP contribution is -2.47. The monoisotopic (exact) mass is 359 g/mol. The van der Waals surface area contributed by atoms with Crippen LogP contribution in [-0.4, -0.2) is 46.8 Å². The molecule has 1 fully saturated rings. The molecule has 1 aliphatic heterocycles. The smallest absolute Gasteiger partial charge is 0.325 e. The molecular weight excluding hydrogens is 330 g/mol. The van der Waals surface area contributed by atoms with Crippen molar-refractivity contribution in [2.45, 2.75) is 58.5 Å². The van der Waals surface area contributed by atoms with E-state index in [1.807, 2.05) is 45.0 Å². The van der Waals surface area contributed by atoms with E-state index in [4.69, 9.17) is 0 Å². The summed E-state index contributed by atoms with van der Waals surface area (Å²) in [6.07, 6.45) is 2.77. The summed E-state index contributed by atoms with van der Waals surface area (Å²) >= 11 is 0. The lowest BCUT2D eigenvalue weighted by Gasteiger charge is -2.26. The molecule has 0 bridgehead atoms.